The maximum Gasteiger partial charge on any atom is 0.123 e. The predicted molar refractivity (Wildman–Crippen MR) is 128 cm³/mol. The van der Waals surface area contributed by atoms with Crippen LogP contribution >= 0.6 is 0 Å². The van der Waals surface area contributed by atoms with E-state index in [-0.39, 0.29) is 28.7 Å². The van der Waals surface area contributed by atoms with Crippen LogP contribution in [0.1, 0.15) is 77.7 Å². The molecule has 0 spiro atoms. The Kier molecular flexibility index (Phi) is 5.82. The first-order valence-electron chi connectivity index (χ1n) is 13.1. The van der Waals surface area contributed by atoms with Crippen LogP contribution in [0.4, 0.5) is 4.39 Å². The van der Waals surface area contributed by atoms with E-state index in [1.807, 2.05) is 6.92 Å². The van der Waals surface area contributed by atoms with Gasteiger partial charge in [-0.25, -0.2) is 4.39 Å². The topological polar surface area (TPSA) is 60.7 Å². The number of aliphatic hydroxyl groups excluding tert-OH is 2. The summed E-state index contributed by atoms with van der Waals surface area (Å²) in [6.45, 7) is 6.64. The molecule has 1 aromatic rings. The molecule has 0 aromatic heterocycles. The van der Waals surface area contributed by atoms with Gasteiger partial charge in [0.2, 0.25) is 0 Å². The van der Waals surface area contributed by atoms with Crippen molar-refractivity contribution in [3.8, 4) is 0 Å². The van der Waals surface area contributed by atoms with Gasteiger partial charge in [-0.05, 0) is 110 Å². The fraction of sp³-hybridized carbons (Fsp3) is 0.724. The molecule has 0 heterocycles. The minimum absolute atomic E-state index is 0.0182. The van der Waals surface area contributed by atoms with Gasteiger partial charge in [0.25, 0.3) is 0 Å². The molecule has 4 heteroatoms. The molecule has 3 N–H and O–H groups in total. The Bertz CT molecular complexity index is 908. The lowest BCUT2D eigenvalue weighted by molar-refractivity contribution is -0.148. The molecule has 0 saturated heterocycles. The second kappa shape index (κ2) is 8.17. The van der Waals surface area contributed by atoms with Gasteiger partial charge in [-0.2, -0.15) is 0 Å². The molecule has 0 amide bonds. The van der Waals surface area contributed by atoms with Crippen LogP contribution in [0, 0.1) is 40.3 Å². The third-order valence-corrected chi connectivity index (χ3v) is 10.8. The Hall–Kier alpha value is -1.23. The van der Waals surface area contributed by atoms with E-state index in [1.165, 1.54) is 24.1 Å². The van der Waals surface area contributed by atoms with Crippen LogP contribution in [0.2, 0.25) is 0 Å². The third-order valence-electron chi connectivity index (χ3n) is 10.8. The molecule has 5 rings (SSSR count). The first kappa shape index (κ1) is 23.5. The predicted octanol–water partition coefficient (Wildman–Crippen LogP) is 5.42. The number of benzene rings is 1. The first-order chi connectivity index (χ1) is 15.6. The molecular formula is C29H41FO3. The van der Waals surface area contributed by atoms with Gasteiger partial charge < -0.3 is 15.3 Å². The molecule has 182 valence electrons. The van der Waals surface area contributed by atoms with E-state index in [1.54, 1.807) is 12.1 Å². The number of halogens is 1. The second-order valence-corrected chi connectivity index (χ2v) is 12.4. The Morgan fingerprint density at radius 2 is 1.79 bits per heavy atom. The van der Waals surface area contributed by atoms with Crippen molar-refractivity contribution in [1.29, 1.82) is 0 Å². The van der Waals surface area contributed by atoms with E-state index in [4.69, 9.17) is 0 Å². The summed E-state index contributed by atoms with van der Waals surface area (Å²) in [5.74, 6) is 1.62. The lowest BCUT2D eigenvalue weighted by atomic mass is 9.46. The van der Waals surface area contributed by atoms with Gasteiger partial charge in [0.1, 0.15) is 5.82 Å². The quantitative estimate of drug-likeness (QED) is 0.530. The fourth-order valence-electron chi connectivity index (χ4n) is 8.88. The molecular weight excluding hydrogens is 415 g/mol. The lowest BCUT2D eigenvalue weighted by Crippen LogP contribution is -2.56. The number of aliphatic hydroxyl groups is 3. The van der Waals surface area contributed by atoms with Crippen LogP contribution < -0.4 is 0 Å². The zero-order valence-electron chi connectivity index (χ0n) is 20.4. The smallest absolute Gasteiger partial charge is 0.123 e. The van der Waals surface area contributed by atoms with Gasteiger partial charge in [-0.3, -0.25) is 0 Å². The Morgan fingerprint density at radius 1 is 1.06 bits per heavy atom. The van der Waals surface area contributed by atoms with E-state index in [0.717, 1.165) is 50.5 Å². The van der Waals surface area contributed by atoms with Crippen molar-refractivity contribution < 1.29 is 19.7 Å². The van der Waals surface area contributed by atoms with Crippen molar-refractivity contribution >= 4 is 0 Å². The maximum atomic E-state index is 13.3. The van der Waals surface area contributed by atoms with Crippen molar-refractivity contribution in [3.05, 3.63) is 47.3 Å². The Morgan fingerprint density at radius 3 is 2.52 bits per heavy atom. The van der Waals surface area contributed by atoms with E-state index < -0.39 is 11.7 Å². The number of allylic oxidation sites excluding steroid dienone is 1. The Labute approximate surface area is 198 Å². The van der Waals surface area contributed by atoms with E-state index in [0.29, 0.717) is 24.2 Å². The average molecular weight is 457 g/mol. The normalized spacial score (nSPS) is 43.0. The summed E-state index contributed by atoms with van der Waals surface area (Å²) in [4.78, 5) is 0. The molecule has 33 heavy (non-hydrogen) atoms. The summed E-state index contributed by atoms with van der Waals surface area (Å²) in [6.07, 6.45) is 9.98. The minimum Gasteiger partial charge on any atom is -0.393 e. The molecule has 0 aliphatic heterocycles. The number of hydrogen-bond acceptors (Lipinski definition) is 3. The van der Waals surface area contributed by atoms with E-state index in [9.17, 15) is 19.7 Å². The van der Waals surface area contributed by atoms with Crippen LogP contribution in [-0.2, 0) is 6.42 Å². The van der Waals surface area contributed by atoms with Crippen molar-refractivity contribution in [2.45, 2.75) is 96.4 Å². The monoisotopic (exact) mass is 456 g/mol. The first-order valence-corrected chi connectivity index (χ1v) is 13.1. The molecule has 3 fully saturated rings. The van der Waals surface area contributed by atoms with Gasteiger partial charge in [0.15, 0.2) is 0 Å². The highest BCUT2D eigenvalue weighted by Gasteiger charge is 2.62. The molecule has 4 aliphatic carbocycles. The van der Waals surface area contributed by atoms with Crippen molar-refractivity contribution in [2.75, 3.05) is 0 Å². The summed E-state index contributed by atoms with van der Waals surface area (Å²) in [6, 6.07) is 6.24. The number of rotatable bonds is 4. The SMILES string of the molecule is C[C@@](O)([C@H]1CC[C@H]2[C@@H]3CC=C4C[C@@H](O)CC[C@]4(C)[C@H]3CC[C@]12C)[C@@H](O)Cc1ccc(F)cc1. The van der Waals surface area contributed by atoms with Crippen molar-refractivity contribution in [2.24, 2.45) is 34.5 Å². The third kappa shape index (κ3) is 3.72. The van der Waals surface area contributed by atoms with Crippen LogP contribution in [-0.4, -0.2) is 33.1 Å². The van der Waals surface area contributed by atoms with Gasteiger partial charge in [0.05, 0.1) is 17.8 Å². The molecule has 3 saturated carbocycles. The van der Waals surface area contributed by atoms with Crippen LogP contribution in [0.5, 0.6) is 0 Å². The molecule has 3 nitrogen and oxygen atoms in total. The highest BCUT2D eigenvalue weighted by molar-refractivity contribution is 5.26. The zero-order chi connectivity index (χ0) is 23.6. The highest BCUT2D eigenvalue weighted by Crippen LogP contribution is 2.67. The molecule has 9 atom stereocenters. The van der Waals surface area contributed by atoms with Crippen LogP contribution in [0.15, 0.2) is 35.9 Å². The fourth-order valence-corrected chi connectivity index (χ4v) is 8.88. The van der Waals surface area contributed by atoms with E-state index in [2.05, 4.69) is 19.9 Å². The number of fused-ring (bicyclic) bond motifs is 5. The van der Waals surface area contributed by atoms with Crippen LogP contribution in [0.3, 0.4) is 0 Å². The van der Waals surface area contributed by atoms with Crippen LogP contribution in [0.25, 0.3) is 0 Å². The summed E-state index contributed by atoms with van der Waals surface area (Å²) in [7, 11) is 0. The van der Waals surface area contributed by atoms with E-state index >= 15 is 0 Å². The molecule has 0 radical (unpaired) electrons. The summed E-state index contributed by atoms with van der Waals surface area (Å²) < 4.78 is 13.3. The minimum atomic E-state index is -1.18. The summed E-state index contributed by atoms with van der Waals surface area (Å²) >= 11 is 0. The highest BCUT2D eigenvalue weighted by atomic mass is 19.1. The van der Waals surface area contributed by atoms with Crippen molar-refractivity contribution in [3.63, 3.8) is 0 Å². The maximum absolute atomic E-state index is 13.3. The second-order valence-electron chi connectivity index (χ2n) is 12.4. The molecule has 0 bridgehead atoms. The lowest BCUT2D eigenvalue weighted by Gasteiger charge is -2.59. The van der Waals surface area contributed by atoms with Gasteiger partial charge >= 0.3 is 0 Å². The molecule has 4 aliphatic rings. The zero-order valence-corrected chi connectivity index (χ0v) is 20.4. The van der Waals surface area contributed by atoms with Gasteiger partial charge in [-0.15, -0.1) is 0 Å². The standard InChI is InChI=1S/C29H41FO3/c1-27-14-12-21(31)17-19(27)6-9-22-23-10-11-25(28(23,2)15-13-24(22)27)29(3,33)26(32)16-18-4-7-20(30)8-5-18/h4-8,21-26,31-33H,9-17H2,1-3H3/t21-,22-,23-,24-,25-,26-,27-,28-,29+/m0/s1. The molecule has 0 unspecified atom stereocenters. The Balaban J connectivity index is 1.37. The number of hydrogen-bond donors (Lipinski definition) is 3. The average Bonchev–Trinajstić information content (AvgIpc) is 3.14. The van der Waals surface area contributed by atoms with Gasteiger partial charge in [-0.1, -0.05) is 37.6 Å². The summed E-state index contributed by atoms with van der Waals surface area (Å²) in [5, 5.41) is 33.1. The molecule has 1 aromatic carbocycles. The summed E-state index contributed by atoms with van der Waals surface area (Å²) in [5.41, 5.74) is 1.39. The van der Waals surface area contributed by atoms with Crippen molar-refractivity contribution in [1.82, 2.24) is 0 Å². The largest absolute Gasteiger partial charge is 0.393 e. The van der Waals surface area contributed by atoms with Gasteiger partial charge in [0, 0.05) is 6.42 Å².